The van der Waals surface area contributed by atoms with E-state index in [4.69, 9.17) is 0 Å². The number of anilines is 2. The third-order valence-electron chi connectivity index (χ3n) is 2.85. The Labute approximate surface area is 121 Å². The van der Waals surface area contributed by atoms with E-state index in [1.54, 1.807) is 0 Å². The summed E-state index contributed by atoms with van der Waals surface area (Å²) in [4.78, 5) is 22.6. The van der Waals surface area contributed by atoms with Gasteiger partial charge in [-0.1, -0.05) is 6.92 Å². The van der Waals surface area contributed by atoms with Crippen LogP contribution < -0.4 is 15.5 Å². The van der Waals surface area contributed by atoms with E-state index >= 15 is 0 Å². The maximum absolute atomic E-state index is 11.7. The van der Waals surface area contributed by atoms with Crippen LogP contribution in [0.15, 0.2) is 6.07 Å². The first-order chi connectivity index (χ1) is 9.64. The first-order valence-electron chi connectivity index (χ1n) is 7.27. The number of hydrogen-bond acceptors (Lipinski definition) is 5. The number of amides is 1. The molecular formula is C14H25N5O. The van der Waals surface area contributed by atoms with Crippen molar-refractivity contribution in [3.8, 4) is 0 Å². The largest absolute Gasteiger partial charge is 0.370 e. The van der Waals surface area contributed by atoms with Crippen LogP contribution in [0.5, 0.6) is 0 Å². The molecule has 6 heteroatoms. The van der Waals surface area contributed by atoms with Gasteiger partial charge in [-0.2, -0.15) is 0 Å². The number of likely N-dealkylation sites (N-methyl/N-ethyl adjacent to an activating group) is 2. The highest BCUT2D eigenvalue weighted by atomic mass is 16.2. The van der Waals surface area contributed by atoms with Crippen LogP contribution in [0.25, 0.3) is 0 Å². The molecule has 0 saturated carbocycles. The lowest BCUT2D eigenvalue weighted by Gasteiger charge is -2.22. The molecule has 0 fully saturated rings. The molecule has 0 bridgehead atoms. The average molecular weight is 279 g/mol. The van der Waals surface area contributed by atoms with E-state index in [0.29, 0.717) is 13.1 Å². The molecule has 0 spiro atoms. The molecule has 0 saturated heterocycles. The van der Waals surface area contributed by atoms with Gasteiger partial charge < -0.3 is 15.5 Å². The maximum atomic E-state index is 11.7. The number of carbonyl (C=O) groups excluding carboxylic acids is 1. The second kappa shape index (κ2) is 8.35. The van der Waals surface area contributed by atoms with E-state index in [-0.39, 0.29) is 5.91 Å². The molecule has 0 unspecified atom stereocenters. The minimum atomic E-state index is 0.0102. The normalized spacial score (nSPS) is 10.2. The monoisotopic (exact) mass is 279 g/mol. The quantitative estimate of drug-likeness (QED) is 0.753. The Morgan fingerprint density at radius 1 is 1.20 bits per heavy atom. The van der Waals surface area contributed by atoms with Gasteiger partial charge in [0.2, 0.25) is 5.91 Å². The van der Waals surface area contributed by atoms with Gasteiger partial charge in [-0.05, 0) is 20.8 Å². The first kappa shape index (κ1) is 16.2. The molecule has 2 N–H and O–H groups in total. The lowest BCUT2D eigenvalue weighted by atomic mass is 10.3. The SMILES string of the molecule is CCNC(=O)CN(CC)c1cc(NCC)nc(CC)n1. The predicted octanol–water partition coefficient (Wildman–Crippen LogP) is 1.43. The average Bonchev–Trinajstić information content (AvgIpc) is 2.45. The van der Waals surface area contributed by atoms with Crippen molar-refractivity contribution in [2.45, 2.75) is 34.1 Å². The summed E-state index contributed by atoms with van der Waals surface area (Å²) in [5.74, 6) is 2.40. The van der Waals surface area contributed by atoms with Gasteiger partial charge in [0, 0.05) is 32.1 Å². The van der Waals surface area contributed by atoms with Crippen LogP contribution in [0.4, 0.5) is 11.6 Å². The van der Waals surface area contributed by atoms with Crippen LogP contribution in [0.3, 0.4) is 0 Å². The van der Waals surface area contributed by atoms with E-state index in [9.17, 15) is 4.79 Å². The lowest BCUT2D eigenvalue weighted by molar-refractivity contribution is -0.119. The molecule has 1 rings (SSSR count). The fourth-order valence-electron chi connectivity index (χ4n) is 1.86. The number of nitrogens with one attached hydrogen (secondary N) is 2. The van der Waals surface area contributed by atoms with Gasteiger partial charge in [0.15, 0.2) is 0 Å². The molecule has 0 atom stereocenters. The van der Waals surface area contributed by atoms with E-state index in [1.165, 1.54) is 0 Å². The van der Waals surface area contributed by atoms with Gasteiger partial charge in [0.25, 0.3) is 0 Å². The molecule has 0 aliphatic heterocycles. The highest BCUT2D eigenvalue weighted by Gasteiger charge is 2.13. The minimum Gasteiger partial charge on any atom is -0.370 e. The van der Waals surface area contributed by atoms with Crippen molar-refractivity contribution in [1.29, 1.82) is 0 Å². The van der Waals surface area contributed by atoms with Crippen LogP contribution >= 0.6 is 0 Å². The van der Waals surface area contributed by atoms with Gasteiger partial charge in [-0.3, -0.25) is 4.79 Å². The second-order valence-corrected chi connectivity index (χ2v) is 4.38. The van der Waals surface area contributed by atoms with E-state index in [2.05, 4.69) is 20.6 Å². The topological polar surface area (TPSA) is 70.2 Å². The number of hydrogen-bond donors (Lipinski definition) is 2. The summed E-state index contributed by atoms with van der Waals surface area (Å²) in [6.07, 6.45) is 0.769. The summed E-state index contributed by atoms with van der Waals surface area (Å²) in [6.45, 7) is 10.5. The van der Waals surface area contributed by atoms with Gasteiger partial charge in [-0.15, -0.1) is 0 Å². The second-order valence-electron chi connectivity index (χ2n) is 4.38. The first-order valence-corrected chi connectivity index (χ1v) is 7.27. The van der Waals surface area contributed by atoms with Gasteiger partial charge in [0.05, 0.1) is 6.54 Å². The zero-order valence-electron chi connectivity index (χ0n) is 12.9. The highest BCUT2D eigenvalue weighted by Crippen LogP contribution is 2.16. The van der Waals surface area contributed by atoms with Crippen LogP contribution in [-0.2, 0) is 11.2 Å². The summed E-state index contributed by atoms with van der Waals surface area (Å²) in [7, 11) is 0. The molecule has 6 nitrogen and oxygen atoms in total. The lowest BCUT2D eigenvalue weighted by Crippen LogP contribution is -2.37. The Morgan fingerprint density at radius 2 is 1.95 bits per heavy atom. The number of nitrogens with zero attached hydrogens (tertiary/aromatic N) is 3. The highest BCUT2D eigenvalue weighted by molar-refractivity contribution is 5.81. The smallest absolute Gasteiger partial charge is 0.239 e. The molecule has 20 heavy (non-hydrogen) atoms. The summed E-state index contributed by atoms with van der Waals surface area (Å²) >= 11 is 0. The summed E-state index contributed by atoms with van der Waals surface area (Å²) in [5, 5.41) is 6.01. The molecule has 1 amide bonds. The van der Waals surface area contributed by atoms with E-state index < -0.39 is 0 Å². The van der Waals surface area contributed by atoms with Crippen molar-refractivity contribution >= 4 is 17.5 Å². The molecule has 112 valence electrons. The van der Waals surface area contributed by atoms with Gasteiger partial charge in [-0.25, -0.2) is 9.97 Å². The van der Waals surface area contributed by atoms with Crippen molar-refractivity contribution in [2.24, 2.45) is 0 Å². The molecule has 1 aromatic rings. The minimum absolute atomic E-state index is 0.0102. The van der Waals surface area contributed by atoms with E-state index in [1.807, 2.05) is 38.7 Å². The molecule has 0 aliphatic rings. The van der Waals surface area contributed by atoms with E-state index in [0.717, 1.165) is 37.0 Å². The Morgan fingerprint density at radius 3 is 2.50 bits per heavy atom. The van der Waals surface area contributed by atoms with Crippen LogP contribution in [0.2, 0.25) is 0 Å². The predicted molar refractivity (Wildman–Crippen MR) is 82.1 cm³/mol. The standard InChI is InChI=1S/C14H25N5O/c1-5-11-17-12(15-6-2)9-13(18-11)19(8-4)10-14(20)16-7-3/h9H,5-8,10H2,1-4H3,(H,16,20)(H,15,17,18). The Bertz CT molecular complexity index is 436. The Hall–Kier alpha value is -1.85. The summed E-state index contributed by atoms with van der Waals surface area (Å²) in [5.41, 5.74) is 0. The van der Waals surface area contributed by atoms with Crippen molar-refractivity contribution in [3.63, 3.8) is 0 Å². The molecule has 1 aromatic heterocycles. The van der Waals surface area contributed by atoms with Crippen LogP contribution in [-0.4, -0.2) is 42.1 Å². The maximum Gasteiger partial charge on any atom is 0.239 e. The van der Waals surface area contributed by atoms with Gasteiger partial charge in [0.1, 0.15) is 17.5 Å². The Balaban J connectivity index is 2.95. The molecule has 0 aliphatic carbocycles. The van der Waals surface area contributed by atoms with Crippen LogP contribution in [0, 0.1) is 0 Å². The summed E-state index contributed by atoms with van der Waals surface area (Å²) < 4.78 is 0. The Kier molecular flexibility index (Phi) is 6.76. The number of rotatable bonds is 8. The fraction of sp³-hybridized carbons (Fsp3) is 0.643. The molecule has 0 radical (unpaired) electrons. The zero-order valence-corrected chi connectivity index (χ0v) is 12.9. The van der Waals surface area contributed by atoms with Crippen molar-refractivity contribution in [3.05, 3.63) is 11.9 Å². The third kappa shape index (κ3) is 4.68. The third-order valence-corrected chi connectivity index (χ3v) is 2.85. The zero-order chi connectivity index (χ0) is 15.0. The van der Waals surface area contributed by atoms with Crippen molar-refractivity contribution in [2.75, 3.05) is 36.4 Å². The van der Waals surface area contributed by atoms with Gasteiger partial charge >= 0.3 is 0 Å². The van der Waals surface area contributed by atoms with Crippen LogP contribution in [0.1, 0.15) is 33.5 Å². The summed E-state index contributed by atoms with van der Waals surface area (Å²) in [6, 6.07) is 1.89. The number of aryl methyl sites for hydroxylation is 1. The number of aromatic nitrogens is 2. The van der Waals surface area contributed by atoms with Crippen molar-refractivity contribution < 1.29 is 4.79 Å². The fourth-order valence-corrected chi connectivity index (χ4v) is 1.86. The number of carbonyl (C=O) groups is 1. The molecule has 1 heterocycles. The molecular weight excluding hydrogens is 254 g/mol. The molecule has 0 aromatic carbocycles. The van der Waals surface area contributed by atoms with Crippen molar-refractivity contribution in [1.82, 2.24) is 15.3 Å².